The molecule has 0 amide bonds. The Labute approximate surface area is 99.5 Å². The summed E-state index contributed by atoms with van der Waals surface area (Å²) in [7, 11) is 4.05. The van der Waals surface area contributed by atoms with Crippen molar-refractivity contribution in [3.8, 4) is 0 Å². The van der Waals surface area contributed by atoms with E-state index in [1.807, 2.05) is 0 Å². The first kappa shape index (κ1) is 12.3. The van der Waals surface area contributed by atoms with Crippen LogP contribution in [0.25, 0.3) is 0 Å². The van der Waals surface area contributed by atoms with Gasteiger partial charge in [-0.25, -0.2) is 0 Å². The minimum atomic E-state index is 0.822. The van der Waals surface area contributed by atoms with Crippen LogP contribution in [-0.4, -0.2) is 50.8 Å². The molecule has 0 aromatic heterocycles. The van der Waals surface area contributed by atoms with E-state index in [1.54, 1.807) is 7.11 Å². The van der Waals surface area contributed by atoms with Crippen LogP contribution in [0.5, 0.6) is 0 Å². The molecule has 2 fully saturated rings. The van der Waals surface area contributed by atoms with Gasteiger partial charge in [-0.3, -0.25) is 0 Å². The number of rotatable bonds is 8. The highest BCUT2D eigenvalue weighted by atomic mass is 16.5. The molecule has 2 saturated carbocycles. The zero-order chi connectivity index (χ0) is 11.4. The predicted molar refractivity (Wildman–Crippen MR) is 66.7 cm³/mol. The van der Waals surface area contributed by atoms with Crippen molar-refractivity contribution in [2.75, 3.05) is 33.9 Å². The molecule has 0 radical (unpaired) electrons. The first-order valence-electron chi connectivity index (χ1n) is 6.74. The van der Waals surface area contributed by atoms with Gasteiger partial charge in [0.1, 0.15) is 0 Å². The van der Waals surface area contributed by atoms with Crippen molar-refractivity contribution in [3.05, 3.63) is 0 Å². The van der Waals surface area contributed by atoms with Gasteiger partial charge in [0.25, 0.3) is 0 Å². The van der Waals surface area contributed by atoms with Crippen LogP contribution < -0.4 is 5.32 Å². The van der Waals surface area contributed by atoms with E-state index in [4.69, 9.17) is 4.74 Å². The summed E-state index contributed by atoms with van der Waals surface area (Å²) in [5.41, 5.74) is 0. The molecule has 94 valence electrons. The summed E-state index contributed by atoms with van der Waals surface area (Å²) in [5.74, 6) is 0.896. The first-order chi connectivity index (χ1) is 7.81. The number of methoxy groups -OCH3 is 1. The van der Waals surface area contributed by atoms with Crippen molar-refractivity contribution in [3.63, 3.8) is 0 Å². The molecule has 0 aliphatic heterocycles. The fraction of sp³-hybridized carbons (Fsp3) is 1.00. The Balaban J connectivity index is 1.59. The molecule has 16 heavy (non-hydrogen) atoms. The molecule has 0 saturated heterocycles. The van der Waals surface area contributed by atoms with E-state index in [9.17, 15) is 0 Å². The molecule has 3 heteroatoms. The SMILES string of the molecule is COCCCN(C)C1CCC1CNC1CC1. The molecular formula is C13H26N2O. The van der Waals surface area contributed by atoms with Crippen molar-refractivity contribution >= 4 is 0 Å². The number of hydrogen-bond donors (Lipinski definition) is 1. The lowest BCUT2D eigenvalue weighted by Gasteiger charge is -2.43. The van der Waals surface area contributed by atoms with Gasteiger partial charge < -0.3 is 15.0 Å². The van der Waals surface area contributed by atoms with E-state index in [-0.39, 0.29) is 0 Å². The monoisotopic (exact) mass is 226 g/mol. The molecule has 2 aliphatic rings. The van der Waals surface area contributed by atoms with Crippen LogP contribution in [0.1, 0.15) is 32.1 Å². The van der Waals surface area contributed by atoms with E-state index in [0.29, 0.717) is 0 Å². The highest BCUT2D eigenvalue weighted by molar-refractivity contribution is 4.91. The number of nitrogens with zero attached hydrogens (tertiary/aromatic N) is 1. The Morgan fingerprint density at radius 3 is 2.62 bits per heavy atom. The molecule has 1 N–H and O–H groups in total. The average Bonchev–Trinajstić information content (AvgIpc) is 3.00. The summed E-state index contributed by atoms with van der Waals surface area (Å²) >= 11 is 0. The Kier molecular flexibility index (Phi) is 4.62. The standard InChI is InChI=1S/C13H26N2O/c1-15(8-3-9-16-2)13-7-4-11(13)10-14-12-5-6-12/h11-14H,3-10H2,1-2H3. The van der Waals surface area contributed by atoms with E-state index in [1.165, 1.54) is 38.8 Å². The third-order valence-corrected chi connectivity index (χ3v) is 4.05. The van der Waals surface area contributed by atoms with E-state index in [2.05, 4.69) is 17.3 Å². The lowest BCUT2D eigenvalue weighted by Crippen LogP contribution is -2.49. The minimum absolute atomic E-state index is 0.822. The third kappa shape index (κ3) is 3.44. The van der Waals surface area contributed by atoms with Crippen LogP contribution in [0.15, 0.2) is 0 Å². The number of nitrogens with one attached hydrogen (secondary N) is 1. The Bertz CT molecular complexity index is 206. The highest BCUT2D eigenvalue weighted by Crippen LogP contribution is 2.32. The predicted octanol–water partition coefficient (Wildman–Crippen LogP) is 1.49. The van der Waals surface area contributed by atoms with Crippen molar-refractivity contribution < 1.29 is 4.74 Å². The van der Waals surface area contributed by atoms with Gasteiger partial charge in [-0.1, -0.05) is 0 Å². The summed E-state index contributed by atoms with van der Waals surface area (Å²) in [6.07, 6.45) is 6.77. The summed E-state index contributed by atoms with van der Waals surface area (Å²) in [5, 5.41) is 3.66. The Morgan fingerprint density at radius 1 is 1.25 bits per heavy atom. The largest absolute Gasteiger partial charge is 0.385 e. The van der Waals surface area contributed by atoms with E-state index < -0.39 is 0 Å². The second kappa shape index (κ2) is 5.99. The van der Waals surface area contributed by atoms with Gasteiger partial charge in [-0.05, 0) is 51.6 Å². The normalized spacial score (nSPS) is 29.4. The van der Waals surface area contributed by atoms with Crippen molar-refractivity contribution in [2.45, 2.75) is 44.2 Å². The highest BCUT2D eigenvalue weighted by Gasteiger charge is 2.34. The second-order valence-corrected chi connectivity index (χ2v) is 5.41. The summed E-state index contributed by atoms with van der Waals surface area (Å²) in [6.45, 7) is 3.31. The van der Waals surface area contributed by atoms with Crippen LogP contribution in [0.4, 0.5) is 0 Å². The van der Waals surface area contributed by atoms with Gasteiger partial charge in [0, 0.05) is 32.3 Å². The van der Waals surface area contributed by atoms with Gasteiger partial charge in [0.2, 0.25) is 0 Å². The lowest BCUT2D eigenvalue weighted by molar-refractivity contribution is 0.0744. The molecule has 3 nitrogen and oxygen atoms in total. The average molecular weight is 226 g/mol. The maximum Gasteiger partial charge on any atom is 0.0474 e. The molecule has 2 aliphatic carbocycles. The zero-order valence-corrected chi connectivity index (χ0v) is 10.7. The van der Waals surface area contributed by atoms with Crippen molar-refractivity contribution in [2.24, 2.45) is 5.92 Å². The Morgan fingerprint density at radius 2 is 2.06 bits per heavy atom. The molecule has 2 unspecified atom stereocenters. The number of ether oxygens (including phenoxy) is 1. The van der Waals surface area contributed by atoms with E-state index in [0.717, 1.165) is 31.0 Å². The fourth-order valence-electron chi connectivity index (χ4n) is 2.60. The van der Waals surface area contributed by atoms with E-state index >= 15 is 0 Å². The lowest BCUT2D eigenvalue weighted by atomic mass is 9.78. The zero-order valence-electron chi connectivity index (χ0n) is 10.7. The molecule has 0 bridgehead atoms. The quantitative estimate of drug-likeness (QED) is 0.635. The molecular weight excluding hydrogens is 200 g/mol. The van der Waals surface area contributed by atoms with Crippen LogP contribution in [-0.2, 0) is 4.74 Å². The second-order valence-electron chi connectivity index (χ2n) is 5.41. The summed E-state index contributed by atoms with van der Waals surface area (Å²) < 4.78 is 5.10. The van der Waals surface area contributed by atoms with Crippen molar-refractivity contribution in [1.29, 1.82) is 0 Å². The van der Waals surface area contributed by atoms with Gasteiger partial charge in [0.15, 0.2) is 0 Å². The van der Waals surface area contributed by atoms with Gasteiger partial charge >= 0.3 is 0 Å². The molecule has 0 aromatic carbocycles. The summed E-state index contributed by atoms with van der Waals surface area (Å²) in [4.78, 5) is 2.53. The minimum Gasteiger partial charge on any atom is -0.385 e. The van der Waals surface area contributed by atoms with Crippen LogP contribution in [0, 0.1) is 5.92 Å². The smallest absolute Gasteiger partial charge is 0.0474 e. The topological polar surface area (TPSA) is 24.5 Å². The number of hydrogen-bond acceptors (Lipinski definition) is 3. The fourth-order valence-corrected chi connectivity index (χ4v) is 2.60. The van der Waals surface area contributed by atoms with Crippen LogP contribution in [0.2, 0.25) is 0 Å². The molecule has 2 rings (SSSR count). The Hall–Kier alpha value is -0.120. The first-order valence-corrected chi connectivity index (χ1v) is 6.74. The van der Waals surface area contributed by atoms with Crippen molar-refractivity contribution in [1.82, 2.24) is 10.2 Å². The van der Waals surface area contributed by atoms with Gasteiger partial charge in [-0.2, -0.15) is 0 Å². The maximum atomic E-state index is 5.10. The maximum absolute atomic E-state index is 5.10. The van der Waals surface area contributed by atoms with Crippen LogP contribution >= 0.6 is 0 Å². The third-order valence-electron chi connectivity index (χ3n) is 4.05. The molecule has 0 heterocycles. The molecule has 0 aromatic rings. The summed E-state index contributed by atoms with van der Waals surface area (Å²) in [6, 6.07) is 1.68. The molecule has 0 spiro atoms. The van der Waals surface area contributed by atoms with Gasteiger partial charge in [0.05, 0.1) is 0 Å². The molecule has 2 atom stereocenters. The van der Waals surface area contributed by atoms with Gasteiger partial charge in [-0.15, -0.1) is 0 Å². The van der Waals surface area contributed by atoms with Crippen LogP contribution in [0.3, 0.4) is 0 Å².